The van der Waals surface area contributed by atoms with Crippen molar-refractivity contribution in [3.8, 4) is 0 Å². The zero-order valence-corrected chi connectivity index (χ0v) is 22.9. The maximum Gasteiger partial charge on any atom is 0.407 e. The largest absolute Gasteiger partial charge is 0.467 e. The first-order valence-electron chi connectivity index (χ1n) is 13.7. The van der Waals surface area contributed by atoms with Gasteiger partial charge in [-0.2, -0.15) is 0 Å². The van der Waals surface area contributed by atoms with Crippen LogP contribution in [0.3, 0.4) is 0 Å². The molecule has 1 heterocycles. The minimum absolute atomic E-state index is 0.147. The van der Waals surface area contributed by atoms with Crippen LogP contribution >= 0.6 is 0 Å². The predicted octanol–water partition coefficient (Wildman–Crippen LogP) is 5.65. The van der Waals surface area contributed by atoms with Crippen molar-refractivity contribution in [2.24, 2.45) is 5.92 Å². The van der Waals surface area contributed by atoms with Gasteiger partial charge in [-0.05, 0) is 30.4 Å². The Morgan fingerprint density at radius 1 is 0.919 bits per heavy atom. The molecule has 8 heteroatoms. The van der Waals surface area contributed by atoms with E-state index in [0.29, 0.717) is 13.0 Å². The highest BCUT2D eigenvalue weighted by Gasteiger charge is 2.29. The number of para-hydroxylation sites is 1. The predicted molar refractivity (Wildman–Crippen MR) is 146 cm³/mol. The number of hydrogen-bond acceptors (Lipinski definition) is 5. The zero-order valence-electron chi connectivity index (χ0n) is 22.9. The van der Waals surface area contributed by atoms with Crippen LogP contribution in [0.2, 0.25) is 0 Å². The molecule has 2 amide bonds. The molecule has 0 spiro atoms. The Morgan fingerprint density at radius 2 is 1.59 bits per heavy atom. The summed E-state index contributed by atoms with van der Waals surface area (Å²) in [5, 5.41) is 6.46. The molecule has 206 valence electrons. The third-order valence-corrected chi connectivity index (χ3v) is 6.45. The minimum atomic E-state index is -0.887. The van der Waals surface area contributed by atoms with Gasteiger partial charge in [0.1, 0.15) is 12.1 Å². The summed E-state index contributed by atoms with van der Waals surface area (Å²) in [6.07, 6.45) is 11.1. The van der Waals surface area contributed by atoms with Crippen molar-refractivity contribution in [3.05, 3.63) is 36.0 Å². The number of nitrogens with one attached hydrogen (secondary N) is 3. The number of fused-ring (bicyclic) bond motifs is 1. The maximum atomic E-state index is 13.2. The summed E-state index contributed by atoms with van der Waals surface area (Å²) >= 11 is 0. The molecule has 0 aliphatic heterocycles. The molecule has 2 rings (SSSR count). The van der Waals surface area contributed by atoms with Crippen molar-refractivity contribution in [2.75, 3.05) is 13.7 Å². The van der Waals surface area contributed by atoms with E-state index in [4.69, 9.17) is 9.47 Å². The summed E-state index contributed by atoms with van der Waals surface area (Å²) in [7, 11) is 1.29. The SMILES string of the molecule is CCCCCCCCCCOC(=O)N[C@@H](CC(C)C)C(=O)N[C@@H](Cc1c[nH]c2ccccc12)C(=O)OC. The number of carbonyl (C=O) groups excluding carboxylic acids is 3. The van der Waals surface area contributed by atoms with Crippen LogP contribution in [0.25, 0.3) is 10.9 Å². The number of ether oxygens (including phenoxy) is 2. The Bertz CT molecular complexity index is 971. The minimum Gasteiger partial charge on any atom is -0.467 e. The van der Waals surface area contributed by atoms with Crippen molar-refractivity contribution < 1.29 is 23.9 Å². The van der Waals surface area contributed by atoms with Gasteiger partial charge >= 0.3 is 12.1 Å². The molecule has 0 radical (unpaired) electrons. The number of aromatic nitrogens is 1. The molecule has 8 nitrogen and oxygen atoms in total. The fraction of sp³-hybridized carbons (Fsp3) is 0.621. The quantitative estimate of drug-likeness (QED) is 0.186. The number of amides is 2. The van der Waals surface area contributed by atoms with Crippen molar-refractivity contribution in [1.82, 2.24) is 15.6 Å². The van der Waals surface area contributed by atoms with Crippen LogP contribution in [0, 0.1) is 5.92 Å². The Kier molecular flexibility index (Phi) is 13.6. The van der Waals surface area contributed by atoms with E-state index >= 15 is 0 Å². The number of alkyl carbamates (subject to hydrolysis) is 1. The Balaban J connectivity index is 1.89. The molecule has 0 saturated carbocycles. The standard InChI is InChI=1S/C29H45N3O5/c1-5-6-7-8-9-10-11-14-17-37-29(35)32-25(18-21(2)3)27(33)31-26(28(34)36-4)19-22-20-30-24-16-13-12-15-23(22)24/h12-13,15-16,20-21,25-26,30H,5-11,14,17-19H2,1-4H3,(H,31,33)(H,32,35)/t25-,26-/m0/s1. The summed E-state index contributed by atoms with van der Waals surface area (Å²) in [5.41, 5.74) is 1.84. The molecule has 2 aromatic rings. The van der Waals surface area contributed by atoms with Crippen LogP contribution in [-0.2, 0) is 25.5 Å². The first kappa shape index (κ1) is 30.2. The third kappa shape index (κ3) is 10.9. The number of hydrogen-bond donors (Lipinski definition) is 3. The molecule has 3 N–H and O–H groups in total. The lowest BCUT2D eigenvalue weighted by molar-refractivity contribution is -0.145. The smallest absolute Gasteiger partial charge is 0.407 e. The van der Waals surface area contributed by atoms with Crippen LogP contribution in [0.4, 0.5) is 4.79 Å². The number of H-pyrrole nitrogens is 1. The summed E-state index contributed by atoms with van der Waals surface area (Å²) in [5.74, 6) is -0.832. The fourth-order valence-corrected chi connectivity index (χ4v) is 4.42. The molecular weight excluding hydrogens is 470 g/mol. The second kappa shape index (κ2) is 16.7. The molecule has 37 heavy (non-hydrogen) atoms. The van der Waals surface area contributed by atoms with Crippen LogP contribution < -0.4 is 10.6 Å². The number of unbranched alkanes of at least 4 members (excludes halogenated alkanes) is 7. The molecule has 2 atom stereocenters. The van der Waals surface area contributed by atoms with Crippen molar-refractivity contribution >= 4 is 28.9 Å². The van der Waals surface area contributed by atoms with E-state index in [1.807, 2.05) is 44.3 Å². The van der Waals surface area contributed by atoms with E-state index in [-0.39, 0.29) is 12.3 Å². The van der Waals surface area contributed by atoms with E-state index in [1.165, 1.54) is 39.2 Å². The van der Waals surface area contributed by atoms with Gasteiger partial charge in [0.2, 0.25) is 5.91 Å². The van der Waals surface area contributed by atoms with E-state index in [1.54, 1.807) is 0 Å². The van der Waals surface area contributed by atoms with Gasteiger partial charge < -0.3 is 25.1 Å². The highest BCUT2D eigenvalue weighted by atomic mass is 16.5. The Labute approximate surface area is 221 Å². The summed E-state index contributed by atoms with van der Waals surface area (Å²) < 4.78 is 10.3. The Hall–Kier alpha value is -3.03. The second-order valence-electron chi connectivity index (χ2n) is 10.1. The average Bonchev–Trinajstić information content (AvgIpc) is 3.29. The monoisotopic (exact) mass is 515 g/mol. The fourth-order valence-electron chi connectivity index (χ4n) is 4.42. The molecule has 0 aliphatic rings. The highest BCUT2D eigenvalue weighted by molar-refractivity contribution is 5.90. The van der Waals surface area contributed by atoms with E-state index < -0.39 is 30.1 Å². The molecule has 0 fully saturated rings. The number of rotatable bonds is 17. The van der Waals surface area contributed by atoms with E-state index in [2.05, 4.69) is 22.5 Å². The van der Waals surface area contributed by atoms with Crippen molar-refractivity contribution in [1.29, 1.82) is 0 Å². The van der Waals surface area contributed by atoms with E-state index in [9.17, 15) is 14.4 Å². The zero-order chi connectivity index (χ0) is 27.0. The number of benzene rings is 1. The third-order valence-electron chi connectivity index (χ3n) is 6.45. The number of aromatic amines is 1. The molecule has 0 bridgehead atoms. The van der Waals surface area contributed by atoms with Crippen LogP contribution in [0.5, 0.6) is 0 Å². The van der Waals surface area contributed by atoms with Crippen molar-refractivity contribution in [3.63, 3.8) is 0 Å². The van der Waals surface area contributed by atoms with Gasteiger partial charge in [0.25, 0.3) is 0 Å². The average molecular weight is 516 g/mol. The van der Waals surface area contributed by atoms with Gasteiger partial charge in [-0.3, -0.25) is 4.79 Å². The maximum absolute atomic E-state index is 13.2. The van der Waals surface area contributed by atoms with Gasteiger partial charge in [-0.25, -0.2) is 9.59 Å². The molecule has 0 saturated heterocycles. The van der Waals surface area contributed by atoms with Gasteiger partial charge in [0.05, 0.1) is 13.7 Å². The van der Waals surface area contributed by atoms with Crippen molar-refractivity contribution in [2.45, 2.75) is 97.1 Å². The van der Waals surface area contributed by atoms with Gasteiger partial charge in [-0.15, -0.1) is 0 Å². The van der Waals surface area contributed by atoms with Gasteiger partial charge in [0, 0.05) is 23.5 Å². The van der Waals surface area contributed by atoms with Crippen LogP contribution in [0.15, 0.2) is 30.5 Å². The number of carbonyl (C=O) groups is 3. The Morgan fingerprint density at radius 3 is 2.27 bits per heavy atom. The summed E-state index contributed by atoms with van der Waals surface area (Å²) in [4.78, 5) is 41.3. The summed E-state index contributed by atoms with van der Waals surface area (Å²) in [6, 6.07) is 6.06. The highest BCUT2D eigenvalue weighted by Crippen LogP contribution is 2.19. The summed E-state index contributed by atoms with van der Waals surface area (Å²) in [6.45, 7) is 6.47. The van der Waals surface area contributed by atoms with Gasteiger partial charge in [0.15, 0.2) is 0 Å². The lowest BCUT2D eigenvalue weighted by Gasteiger charge is -2.23. The lowest BCUT2D eigenvalue weighted by Crippen LogP contribution is -2.53. The normalized spacial score (nSPS) is 12.8. The van der Waals surface area contributed by atoms with Gasteiger partial charge in [-0.1, -0.05) is 83.9 Å². The first-order chi connectivity index (χ1) is 17.8. The molecule has 0 aliphatic carbocycles. The molecule has 0 unspecified atom stereocenters. The lowest BCUT2D eigenvalue weighted by atomic mass is 10.0. The first-order valence-corrected chi connectivity index (χ1v) is 13.7. The topological polar surface area (TPSA) is 110 Å². The van der Waals surface area contributed by atoms with Crippen LogP contribution in [-0.4, -0.2) is 48.8 Å². The second-order valence-corrected chi connectivity index (χ2v) is 10.1. The number of methoxy groups -OCH3 is 1. The van der Waals surface area contributed by atoms with Crippen LogP contribution in [0.1, 0.15) is 84.1 Å². The molecule has 1 aromatic carbocycles. The number of esters is 1. The molecular formula is C29H45N3O5. The molecule has 1 aromatic heterocycles. The van der Waals surface area contributed by atoms with E-state index in [0.717, 1.165) is 35.7 Å².